The van der Waals surface area contributed by atoms with E-state index in [1.807, 2.05) is 0 Å². The van der Waals surface area contributed by atoms with Crippen LogP contribution >= 0.6 is 0 Å². The summed E-state index contributed by atoms with van der Waals surface area (Å²) in [5.74, 6) is -0.554. The molecule has 0 amide bonds. The molecule has 0 aliphatic heterocycles. The van der Waals surface area contributed by atoms with Crippen molar-refractivity contribution in [3.63, 3.8) is 0 Å². The van der Waals surface area contributed by atoms with Crippen molar-refractivity contribution in [2.45, 2.75) is 12.2 Å². The van der Waals surface area contributed by atoms with Crippen molar-refractivity contribution in [1.82, 2.24) is 0 Å². The Balaban J connectivity index is 4.03. The van der Waals surface area contributed by atoms with Crippen molar-refractivity contribution in [3.05, 3.63) is 0 Å². The summed E-state index contributed by atoms with van der Waals surface area (Å²) in [6.07, 6.45) is -2.03. The van der Waals surface area contributed by atoms with Gasteiger partial charge in [-0.1, -0.05) is 0 Å². The minimum atomic E-state index is -1.03. The lowest BCUT2D eigenvalue weighted by Gasteiger charge is -2.18. The van der Waals surface area contributed by atoms with Crippen LogP contribution in [0.4, 0.5) is 0 Å². The third kappa shape index (κ3) is 3.27. The van der Waals surface area contributed by atoms with Gasteiger partial charge in [0.2, 0.25) is 0 Å². The first-order chi connectivity index (χ1) is 5.67. The molecule has 0 fully saturated rings. The van der Waals surface area contributed by atoms with E-state index in [2.05, 4.69) is 9.47 Å². The van der Waals surface area contributed by atoms with Crippen LogP contribution in [0.15, 0.2) is 0 Å². The Hall–Kier alpha value is -0.490. The Kier molecular flexibility index (Phi) is 5.83. The monoisotopic (exact) mass is 178 g/mol. The maximum absolute atomic E-state index is 10.9. The molecule has 0 aromatic rings. The molecule has 0 aliphatic carbocycles. The highest BCUT2D eigenvalue weighted by atomic mass is 16.5. The average Bonchev–Trinajstić information content (AvgIpc) is 2.06. The zero-order valence-electron chi connectivity index (χ0n) is 7.19. The smallest absolute Gasteiger partial charge is 0.189 e. The number of carbonyl (C=O) groups is 1. The van der Waals surface area contributed by atoms with Gasteiger partial charge in [-0.3, -0.25) is 4.79 Å². The van der Waals surface area contributed by atoms with E-state index >= 15 is 0 Å². The SMILES string of the molecule is COC[C@@H](O)[C@H](OC)C(=O)CO. The number of methoxy groups -OCH3 is 2. The fourth-order valence-electron chi connectivity index (χ4n) is 0.851. The van der Waals surface area contributed by atoms with Crippen molar-refractivity contribution in [1.29, 1.82) is 0 Å². The highest BCUT2D eigenvalue weighted by Crippen LogP contribution is 2.00. The molecular formula is C7H14O5. The number of aliphatic hydroxyl groups is 2. The van der Waals surface area contributed by atoms with Gasteiger partial charge in [0.1, 0.15) is 18.8 Å². The standard InChI is InChI=1S/C7H14O5/c1-11-4-6(10)7(12-2)5(9)3-8/h6-8,10H,3-4H2,1-2H3/t6-,7-/m1/s1. The van der Waals surface area contributed by atoms with Crippen LogP contribution in [0.3, 0.4) is 0 Å². The number of rotatable bonds is 6. The summed E-state index contributed by atoms with van der Waals surface area (Å²) in [5, 5.41) is 17.7. The van der Waals surface area contributed by atoms with Crippen LogP contribution in [0.2, 0.25) is 0 Å². The van der Waals surface area contributed by atoms with E-state index in [1.165, 1.54) is 14.2 Å². The van der Waals surface area contributed by atoms with Gasteiger partial charge in [-0.05, 0) is 0 Å². The number of carbonyl (C=O) groups excluding carboxylic acids is 1. The van der Waals surface area contributed by atoms with E-state index in [0.29, 0.717) is 0 Å². The third-order valence-corrected chi connectivity index (χ3v) is 1.41. The Bertz CT molecular complexity index is 136. The van der Waals surface area contributed by atoms with Gasteiger partial charge in [-0.25, -0.2) is 0 Å². The maximum atomic E-state index is 10.9. The second kappa shape index (κ2) is 6.07. The second-order valence-corrected chi connectivity index (χ2v) is 2.30. The molecule has 0 bridgehead atoms. The summed E-state index contributed by atoms with van der Waals surface area (Å²) in [4.78, 5) is 10.9. The second-order valence-electron chi connectivity index (χ2n) is 2.30. The van der Waals surface area contributed by atoms with Crippen LogP contribution in [0.25, 0.3) is 0 Å². The number of hydrogen-bond acceptors (Lipinski definition) is 5. The van der Waals surface area contributed by atoms with E-state index in [-0.39, 0.29) is 6.61 Å². The predicted molar refractivity (Wildman–Crippen MR) is 40.8 cm³/mol. The van der Waals surface area contributed by atoms with Crippen LogP contribution in [0.5, 0.6) is 0 Å². The maximum Gasteiger partial charge on any atom is 0.189 e. The first-order valence-corrected chi connectivity index (χ1v) is 3.50. The molecule has 5 heteroatoms. The molecule has 0 saturated carbocycles. The van der Waals surface area contributed by atoms with E-state index in [4.69, 9.17) is 5.11 Å². The summed E-state index contributed by atoms with van der Waals surface area (Å²) in [6.45, 7) is -0.635. The highest BCUT2D eigenvalue weighted by molar-refractivity contribution is 5.84. The summed E-state index contributed by atoms with van der Waals surface area (Å²) >= 11 is 0. The van der Waals surface area contributed by atoms with Crippen molar-refractivity contribution in [2.24, 2.45) is 0 Å². The molecule has 72 valence electrons. The van der Waals surface area contributed by atoms with Crippen LogP contribution in [-0.2, 0) is 14.3 Å². The Morgan fingerprint density at radius 1 is 1.50 bits per heavy atom. The lowest BCUT2D eigenvalue weighted by Crippen LogP contribution is -2.40. The zero-order chi connectivity index (χ0) is 9.56. The molecule has 0 aliphatic rings. The average molecular weight is 178 g/mol. The Labute approximate surface area is 70.9 Å². The topological polar surface area (TPSA) is 76.0 Å². The molecular weight excluding hydrogens is 164 g/mol. The largest absolute Gasteiger partial charge is 0.388 e. The minimum Gasteiger partial charge on any atom is -0.388 e. The van der Waals surface area contributed by atoms with E-state index in [0.717, 1.165) is 0 Å². The van der Waals surface area contributed by atoms with Gasteiger partial charge in [0.25, 0.3) is 0 Å². The van der Waals surface area contributed by atoms with Crippen molar-refractivity contribution < 1.29 is 24.5 Å². The van der Waals surface area contributed by atoms with Crippen molar-refractivity contribution in [3.8, 4) is 0 Å². The lowest BCUT2D eigenvalue weighted by molar-refractivity contribution is -0.140. The van der Waals surface area contributed by atoms with Gasteiger partial charge in [0.05, 0.1) is 6.61 Å². The van der Waals surface area contributed by atoms with Gasteiger partial charge >= 0.3 is 0 Å². The first-order valence-electron chi connectivity index (χ1n) is 3.50. The predicted octanol–water partition coefficient (Wildman–Crippen LogP) is -1.43. The summed E-state index contributed by atoms with van der Waals surface area (Å²) in [7, 11) is 2.69. The van der Waals surface area contributed by atoms with Gasteiger partial charge in [-0.2, -0.15) is 0 Å². The number of ketones is 1. The van der Waals surface area contributed by atoms with Gasteiger partial charge in [-0.15, -0.1) is 0 Å². The summed E-state index contributed by atoms with van der Waals surface area (Å²) < 4.78 is 9.29. The molecule has 0 aromatic carbocycles. The van der Waals surface area contributed by atoms with Crippen LogP contribution in [0, 0.1) is 0 Å². The van der Waals surface area contributed by atoms with Gasteiger partial charge in [0.15, 0.2) is 5.78 Å². The lowest BCUT2D eigenvalue weighted by atomic mass is 10.1. The normalized spacial score (nSPS) is 15.7. The molecule has 12 heavy (non-hydrogen) atoms. The molecule has 0 heterocycles. The van der Waals surface area contributed by atoms with Crippen molar-refractivity contribution in [2.75, 3.05) is 27.4 Å². The Morgan fingerprint density at radius 2 is 2.08 bits per heavy atom. The molecule has 0 unspecified atom stereocenters. The van der Waals surface area contributed by atoms with Gasteiger partial charge in [0, 0.05) is 14.2 Å². The van der Waals surface area contributed by atoms with Crippen LogP contribution in [-0.4, -0.2) is 55.6 Å². The molecule has 0 aromatic heterocycles. The molecule has 2 atom stereocenters. The Morgan fingerprint density at radius 3 is 2.42 bits per heavy atom. The van der Waals surface area contributed by atoms with Crippen LogP contribution < -0.4 is 0 Å². The molecule has 0 saturated heterocycles. The van der Waals surface area contributed by atoms with E-state index in [1.54, 1.807) is 0 Å². The highest BCUT2D eigenvalue weighted by Gasteiger charge is 2.25. The zero-order valence-corrected chi connectivity index (χ0v) is 7.19. The third-order valence-electron chi connectivity index (χ3n) is 1.41. The number of hydrogen-bond donors (Lipinski definition) is 2. The molecule has 5 nitrogen and oxygen atoms in total. The summed E-state index contributed by atoms with van der Waals surface area (Å²) in [5.41, 5.74) is 0. The molecule has 0 spiro atoms. The summed E-state index contributed by atoms with van der Waals surface area (Å²) in [6, 6.07) is 0. The number of ether oxygens (including phenoxy) is 2. The minimum absolute atomic E-state index is 0.00421. The van der Waals surface area contributed by atoms with E-state index in [9.17, 15) is 9.90 Å². The van der Waals surface area contributed by atoms with Crippen molar-refractivity contribution >= 4 is 5.78 Å². The van der Waals surface area contributed by atoms with Crippen LogP contribution in [0.1, 0.15) is 0 Å². The molecule has 2 N–H and O–H groups in total. The van der Waals surface area contributed by atoms with Gasteiger partial charge < -0.3 is 19.7 Å². The fourth-order valence-corrected chi connectivity index (χ4v) is 0.851. The molecule has 0 radical (unpaired) electrons. The van der Waals surface area contributed by atoms with E-state index < -0.39 is 24.6 Å². The number of aliphatic hydroxyl groups excluding tert-OH is 2. The fraction of sp³-hybridized carbons (Fsp3) is 0.857. The quantitative estimate of drug-likeness (QED) is 0.521. The first kappa shape index (κ1) is 11.5. The number of Topliss-reactive ketones (excluding diaryl/α,β-unsaturated/α-hetero) is 1. The molecule has 0 rings (SSSR count).